The van der Waals surface area contributed by atoms with E-state index in [-0.39, 0.29) is 60.9 Å². The molecule has 2 aliphatic carbocycles. The van der Waals surface area contributed by atoms with Gasteiger partial charge in [-0.3, -0.25) is 0 Å². The van der Waals surface area contributed by atoms with Crippen molar-refractivity contribution < 1.29 is 0 Å². The number of rotatable bonds is 10. The van der Waals surface area contributed by atoms with Gasteiger partial charge in [-0.25, -0.2) is 0 Å². The Balaban J connectivity index is 0.000000177. The van der Waals surface area contributed by atoms with E-state index in [1.54, 1.807) is 0 Å². The van der Waals surface area contributed by atoms with Gasteiger partial charge < -0.3 is 19.6 Å². The van der Waals surface area contributed by atoms with E-state index in [2.05, 4.69) is 461 Å². The van der Waals surface area contributed by atoms with Crippen molar-refractivity contribution in [2.75, 3.05) is 19.6 Å². The second-order valence-electron chi connectivity index (χ2n) is 45.9. The van der Waals surface area contributed by atoms with E-state index in [9.17, 15) is 0 Å². The normalized spacial score (nSPS) is 15.8. The molecule has 14 aromatic rings. The van der Waals surface area contributed by atoms with Crippen LogP contribution in [0.5, 0.6) is 0 Å². The van der Waals surface area contributed by atoms with Gasteiger partial charge in [0.1, 0.15) is 0 Å². The van der Waals surface area contributed by atoms with Crippen LogP contribution in [0.3, 0.4) is 0 Å². The van der Waals surface area contributed by atoms with Crippen LogP contribution in [0.4, 0.5) is 68.2 Å². The second kappa shape index (κ2) is 30.8. The average Bonchev–Trinajstić information content (AvgIpc) is 1.59. The first-order chi connectivity index (χ1) is 58.5. The number of hydrogen-bond acceptors (Lipinski definition) is 6. The Kier molecular flexibility index (Phi) is 21.4. The molecule has 125 heavy (non-hydrogen) atoms. The predicted molar refractivity (Wildman–Crippen MR) is 550 cm³/mol. The highest BCUT2D eigenvalue weighted by Gasteiger charge is 2.48. The van der Waals surface area contributed by atoms with Gasteiger partial charge in [0.15, 0.2) is 0 Å². The maximum absolute atomic E-state index is 2.71. The fourth-order valence-corrected chi connectivity index (χ4v) is 22.5. The molecule has 0 spiro atoms. The van der Waals surface area contributed by atoms with Crippen molar-refractivity contribution in [3.05, 3.63) is 315 Å². The van der Waals surface area contributed by atoms with Crippen molar-refractivity contribution in [2.24, 2.45) is 0 Å². The van der Waals surface area contributed by atoms with Crippen molar-refractivity contribution in [3.63, 3.8) is 0 Å². The minimum atomic E-state index is -0.0124. The summed E-state index contributed by atoms with van der Waals surface area (Å²) in [6.45, 7) is 65.9. The Labute approximate surface area is 758 Å². The zero-order valence-corrected chi connectivity index (χ0v) is 81.8. The molecule has 0 saturated heterocycles. The molecule has 12 aromatic carbocycles. The molecule has 7 heteroatoms. The van der Waals surface area contributed by atoms with E-state index in [1.807, 2.05) is 22.7 Å². The molecule has 0 unspecified atom stereocenters. The van der Waals surface area contributed by atoms with Gasteiger partial charge in [0, 0.05) is 87.0 Å². The van der Waals surface area contributed by atoms with Crippen LogP contribution in [0, 0.1) is 13.8 Å². The average molecular weight is 1680 g/mol. The molecule has 4 aliphatic rings. The monoisotopic (exact) mass is 1680 g/mol. The number of benzene rings is 12. The smallest absolute Gasteiger partial charge is 0.264 e. The standard InChI is InChI=1S/C59H65BN2S.C59H68N2S/c1-36-30-49-52-50(31-36)62(47-26-22-39(56(5,6)7)32-42(47)37-18-16-15-17-19-37)53-43-34-44-45(59(13,14)29-28-58(44,11)12)35-51(43)63-54(53)60(52)46-33-40(57(8,9)10)23-27-48(46)61(49)41-24-20-38(21-25-41)55(2,3)4;1-39-32-46(60(44-25-20-41(21-26-44)55(2,3)4)45-27-22-42(23-28-45)56(5,6)7)35-47(33-39)61(52-29-24-43(57(8,9)10)34-48(52)40-18-16-15-17-19-40)53-38-62-54-37-51-50(36-49(53)54)58(11,12)30-31-59(51,13)14/h15-27,30-35H,28-29H2,1-14H3;15-29,32-38H,30-31H2,1-14H3. The largest absolute Gasteiger partial charge is 0.311 e. The van der Waals surface area contributed by atoms with Gasteiger partial charge in [-0.1, -0.05) is 301 Å². The summed E-state index contributed by atoms with van der Waals surface area (Å²) in [7, 11) is 0. The summed E-state index contributed by atoms with van der Waals surface area (Å²) in [4.78, 5) is 10.3. The highest BCUT2D eigenvalue weighted by atomic mass is 32.1. The third-order valence-corrected chi connectivity index (χ3v) is 30.5. The van der Waals surface area contributed by atoms with Crippen LogP contribution in [-0.2, 0) is 54.1 Å². The van der Waals surface area contributed by atoms with Gasteiger partial charge in [-0.05, 0) is 304 Å². The Bertz CT molecular complexity index is 6420. The van der Waals surface area contributed by atoms with Crippen molar-refractivity contribution in [3.8, 4) is 22.3 Å². The molecule has 4 nitrogen and oxygen atoms in total. The van der Waals surface area contributed by atoms with E-state index in [1.165, 1.54) is 196 Å². The van der Waals surface area contributed by atoms with E-state index < -0.39 is 0 Å². The van der Waals surface area contributed by atoms with Gasteiger partial charge in [0.05, 0.1) is 22.7 Å². The quantitative estimate of drug-likeness (QED) is 0.127. The number of fused-ring (bicyclic) bond motifs is 9. The lowest BCUT2D eigenvalue weighted by Gasteiger charge is -2.44. The Morgan fingerprint density at radius 1 is 0.320 bits per heavy atom. The van der Waals surface area contributed by atoms with Crippen molar-refractivity contribution >= 4 is 134 Å². The molecule has 0 saturated carbocycles. The summed E-state index contributed by atoms with van der Waals surface area (Å²) >= 11 is 3.92. The first-order valence-electron chi connectivity index (χ1n) is 46.0. The first kappa shape index (κ1) is 86.9. The number of anilines is 12. The van der Waals surface area contributed by atoms with E-state index in [0.717, 1.165) is 22.7 Å². The Hall–Kier alpha value is -10.2. The van der Waals surface area contributed by atoms with Gasteiger partial charge in [0.2, 0.25) is 0 Å². The Morgan fingerprint density at radius 2 is 0.712 bits per heavy atom. The van der Waals surface area contributed by atoms with E-state index >= 15 is 0 Å². The van der Waals surface area contributed by atoms with Gasteiger partial charge in [-0.2, -0.15) is 0 Å². The lowest BCUT2D eigenvalue weighted by molar-refractivity contribution is 0.332. The minimum Gasteiger partial charge on any atom is -0.311 e. The SMILES string of the molecule is Cc1cc(N(c2ccc(C(C)(C)C)cc2)c2ccc(C(C)(C)C)cc2)cc(N(c2ccc(C(C)(C)C)cc2-c2ccccc2)c2csc3cc4c(cc23)C(C)(C)CCC4(C)C)c1.Cc1cc2c3c(c1)N(c1ccc(C(C)(C)C)cc1-c1ccccc1)c1c(sc4cc5c(cc14)C(C)(C)CCC5(C)C)B3c1cc(C(C)(C)C)ccc1N2c1ccc(C(C)(C)C)cc1. The fraction of sp³-hybridized carbons (Fsp3) is 0.356. The highest BCUT2D eigenvalue weighted by molar-refractivity contribution is 7.33. The summed E-state index contributed by atoms with van der Waals surface area (Å²) in [5.41, 5.74) is 39.4. The molecule has 2 aliphatic heterocycles. The molecule has 0 radical (unpaired) electrons. The zero-order valence-electron chi connectivity index (χ0n) is 80.2. The van der Waals surface area contributed by atoms with Crippen molar-refractivity contribution in [2.45, 2.75) is 274 Å². The molecule has 0 amide bonds. The maximum atomic E-state index is 2.71. The fourth-order valence-electron chi connectivity index (χ4n) is 20.2. The van der Waals surface area contributed by atoms with Crippen LogP contribution in [0.2, 0.25) is 0 Å². The molecule has 0 bridgehead atoms. The van der Waals surface area contributed by atoms with E-state index in [0.29, 0.717) is 0 Å². The van der Waals surface area contributed by atoms with Crippen molar-refractivity contribution in [1.82, 2.24) is 0 Å². The number of thiophene rings is 2. The van der Waals surface area contributed by atoms with Crippen molar-refractivity contribution in [1.29, 1.82) is 0 Å². The molecule has 0 atom stereocenters. The van der Waals surface area contributed by atoms with Gasteiger partial charge in [-0.15, -0.1) is 22.7 Å². The lowest BCUT2D eigenvalue weighted by Crippen LogP contribution is -2.60. The summed E-state index contributed by atoms with van der Waals surface area (Å²) < 4.78 is 4.17. The summed E-state index contributed by atoms with van der Waals surface area (Å²) in [5, 5.41) is 5.11. The van der Waals surface area contributed by atoms with Crippen LogP contribution >= 0.6 is 22.7 Å². The molecule has 640 valence electrons. The van der Waals surface area contributed by atoms with Gasteiger partial charge in [0.25, 0.3) is 6.71 Å². The summed E-state index contributed by atoms with van der Waals surface area (Å²) in [6.07, 6.45) is 4.76. The van der Waals surface area contributed by atoms with Gasteiger partial charge >= 0.3 is 0 Å². The Morgan fingerprint density at radius 3 is 1.20 bits per heavy atom. The lowest BCUT2D eigenvalue weighted by atomic mass is 9.36. The van der Waals surface area contributed by atoms with Crippen LogP contribution < -0.4 is 35.3 Å². The number of aryl methyl sites for hydroxylation is 2. The van der Waals surface area contributed by atoms with Crippen LogP contribution in [0.1, 0.15) is 272 Å². The molecular weight excluding hydrogens is 1550 g/mol. The molecule has 0 fully saturated rings. The summed E-state index contributed by atoms with van der Waals surface area (Å²) in [5.74, 6) is 0. The zero-order chi connectivity index (χ0) is 89.3. The van der Waals surface area contributed by atoms with Crippen LogP contribution in [0.25, 0.3) is 42.4 Å². The number of hydrogen-bond donors (Lipinski definition) is 0. The third kappa shape index (κ3) is 16.0. The minimum absolute atomic E-state index is 0.00719. The molecule has 18 rings (SSSR count). The molecule has 0 N–H and O–H groups in total. The third-order valence-electron chi connectivity index (χ3n) is 28.3. The topological polar surface area (TPSA) is 13.0 Å². The second-order valence-corrected chi connectivity index (χ2v) is 47.9. The molecule has 4 heterocycles. The van der Waals surface area contributed by atoms with E-state index in [4.69, 9.17) is 0 Å². The molecule has 2 aromatic heterocycles. The molecular formula is C118H133BN4S2. The first-order valence-corrected chi connectivity index (χ1v) is 47.7. The highest BCUT2D eigenvalue weighted by Crippen LogP contribution is 2.58. The predicted octanol–water partition coefficient (Wildman–Crippen LogP) is 33.3. The number of nitrogens with zero attached hydrogens (tertiary/aromatic N) is 4. The summed E-state index contributed by atoms with van der Waals surface area (Å²) in [6, 6.07) is 94.3. The maximum Gasteiger partial charge on any atom is 0.264 e. The van der Waals surface area contributed by atoms with Crippen LogP contribution in [0.15, 0.2) is 248 Å². The van der Waals surface area contributed by atoms with Crippen LogP contribution in [-0.4, -0.2) is 6.71 Å².